The van der Waals surface area contributed by atoms with E-state index in [1.807, 2.05) is 23.6 Å². The molecule has 0 aliphatic carbocycles. The van der Waals surface area contributed by atoms with Crippen LogP contribution < -0.4 is 15.2 Å². The zero-order valence-electron chi connectivity index (χ0n) is 11.6. The lowest BCUT2D eigenvalue weighted by Crippen LogP contribution is -2.16. The minimum absolute atomic E-state index is 0.0489. The van der Waals surface area contributed by atoms with Gasteiger partial charge in [0.2, 0.25) is 5.95 Å². The summed E-state index contributed by atoms with van der Waals surface area (Å²) in [5.41, 5.74) is 7.63. The fourth-order valence-corrected chi connectivity index (χ4v) is 1.99. The van der Waals surface area contributed by atoms with Gasteiger partial charge in [0.05, 0.1) is 37.9 Å². The van der Waals surface area contributed by atoms with E-state index in [2.05, 4.69) is 4.98 Å². The molecule has 2 rings (SSSR count). The Morgan fingerprint density at radius 1 is 1.21 bits per heavy atom. The Morgan fingerprint density at radius 2 is 1.84 bits per heavy atom. The maximum atomic E-state index is 5.95. The average Bonchev–Trinajstić information content (AvgIpc) is 2.72. The Balaban J connectivity index is 2.55. The number of hydrogen-bond acceptors (Lipinski definition) is 5. The summed E-state index contributed by atoms with van der Waals surface area (Å²) in [5.74, 6) is 1.75. The number of rotatable bonds is 5. The van der Waals surface area contributed by atoms with Crippen LogP contribution in [0, 0.1) is 0 Å². The zero-order valence-corrected chi connectivity index (χ0v) is 11.6. The van der Waals surface area contributed by atoms with E-state index in [1.165, 1.54) is 0 Å². The Bertz CT molecular complexity index is 580. The molecule has 104 valence electrons. The van der Waals surface area contributed by atoms with Crippen molar-refractivity contribution in [2.24, 2.45) is 0 Å². The number of benzene rings is 1. The van der Waals surface area contributed by atoms with Crippen LogP contribution in [0.15, 0.2) is 12.1 Å². The molecule has 1 atom stereocenters. The van der Waals surface area contributed by atoms with Crippen LogP contribution in [0.2, 0.25) is 0 Å². The van der Waals surface area contributed by atoms with Crippen LogP contribution in [0.5, 0.6) is 11.5 Å². The second kappa shape index (κ2) is 5.36. The van der Waals surface area contributed by atoms with Crippen molar-refractivity contribution in [3.05, 3.63) is 12.1 Å². The molecule has 0 bridgehead atoms. The van der Waals surface area contributed by atoms with Gasteiger partial charge in [-0.2, -0.15) is 0 Å². The summed E-state index contributed by atoms with van der Waals surface area (Å²) in [5, 5.41) is 0. The number of ether oxygens (including phenoxy) is 3. The molecule has 0 amide bonds. The van der Waals surface area contributed by atoms with E-state index in [4.69, 9.17) is 19.9 Å². The van der Waals surface area contributed by atoms with Gasteiger partial charge in [0.15, 0.2) is 11.5 Å². The van der Waals surface area contributed by atoms with Crippen LogP contribution in [0.3, 0.4) is 0 Å². The van der Waals surface area contributed by atoms with Gasteiger partial charge >= 0.3 is 0 Å². The van der Waals surface area contributed by atoms with Crippen molar-refractivity contribution in [2.75, 3.05) is 27.1 Å². The molecular weight excluding hydrogens is 246 g/mol. The van der Waals surface area contributed by atoms with Gasteiger partial charge in [0, 0.05) is 19.2 Å². The predicted molar refractivity (Wildman–Crippen MR) is 73.7 cm³/mol. The molecule has 19 heavy (non-hydrogen) atoms. The number of nitrogens with two attached hydrogens (primary N) is 1. The molecule has 0 saturated heterocycles. The molecule has 0 aliphatic rings. The molecule has 0 aliphatic heterocycles. The topological polar surface area (TPSA) is 71.5 Å². The molecule has 1 unspecified atom stereocenters. The first-order chi connectivity index (χ1) is 9.10. The molecule has 6 heteroatoms. The van der Waals surface area contributed by atoms with Gasteiger partial charge in [-0.3, -0.25) is 0 Å². The first kappa shape index (κ1) is 13.5. The molecule has 1 heterocycles. The second-order valence-corrected chi connectivity index (χ2v) is 4.32. The summed E-state index contributed by atoms with van der Waals surface area (Å²) in [6, 6.07) is 3.69. The predicted octanol–water partition coefficient (Wildman–Crippen LogP) is 1.67. The highest BCUT2D eigenvalue weighted by Gasteiger charge is 2.15. The molecule has 0 saturated carbocycles. The van der Waals surface area contributed by atoms with Crippen LogP contribution in [0.1, 0.15) is 6.92 Å². The zero-order chi connectivity index (χ0) is 14.0. The van der Waals surface area contributed by atoms with E-state index < -0.39 is 0 Å². The van der Waals surface area contributed by atoms with Gasteiger partial charge in [-0.15, -0.1) is 0 Å². The highest BCUT2D eigenvalue weighted by Crippen LogP contribution is 2.33. The Hall–Kier alpha value is -1.95. The smallest absolute Gasteiger partial charge is 0.201 e. The average molecular weight is 265 g/mol. The number of methoxy groups -OCH3 is 3. The maximum Gasteiger partial charge on any atom is 0.201 e. The van der Waals surface area contributed by atoms with Crippen molar-refractivity contribution in [2.45, 2.75) is 19.6 Å². The number of anilines is 1. The van der Waals surface area contributed by atoms with E-state index in [1.54, 1.807) is 21.3 Å². The first-order valence-corrected chi connectivity index (χ1v) is 6.01. The normalized spacial score (nSPS) is 12.6. The summed E-state index contributed by atoms with van der Waals surface area (Å²) in [6.07, 6.45) is 0.0489. The largest absolute Gasteiger partial charge is 0.493 e. The monoisotopic (exact) mass is 265 g/mol. The van der Waals surface area contributed by atoms with Crippen molar-refractivity contribution in [3.8, 4) is 11.5 Å². The van der Waals surface area contributed by atoms with Crippen molar-refractivity contribution < 1.29 is 14.2 Å². The fraction of sp³-hybridized carbons (Fsp3) is 0.462. The third-order valence-electron chi connectivity index (χ3n) is 3.13. The number of fused-ring (bicyclic) bond motifs is 1. The minimum Gasteiger partial charge on any atom is -0.493 e. The Labute approximate surface area is 112 Å². The Morgan fingerprint density at radius 3 is 2.42 bits per heavy atom. The number of imidazole rings is 1. The summed E-state index contributed by atoms with van der Waals surface area (Å²) in [4.78, 5) is 4.33. The fourth-order valence-electron chi connectivity index (χ4n) is 1.99. The van der Waals surface area contributed by atoms with Gasteiger partial charge in [-0.05, 0) is 6.92 Å². The van der Waals surface area contributed by atoms with Crippen molar-refractivity contribution in [1.29, 1.82) is 0 Å². The SMILES string of the molecule is COc1cc2nc(N)n(CC(C)OC)c2cc1OC. The summed E-state index contributed by atoms with van der Waals surface area (Å²) in [6.45, 7) is 2.61. The lowest BCUT2D eigenvalue weighted by atomic mass is 10.2. The lowest BCUT2D eigenvalue weighted by molar-refractivity contribution is 0.105. The number of nitrogen functional groups attached to an aromatic ring is 1. The third-order valence-corrected chi connectivity index (χ3v) is 3.13. The molecule has 1 aromatic heterocycles. The van der Waals surface area contributed by atoms with Gasteiger partial charge in [0.1, 0.15) is 0 Å². The van der Waals surface area contributed by atoms with Gasteiger partial charge < -0.3 is 24.5 Å². The molecule has 0 radical (unpaired) electrons. The minimum atomic E-state index is 0.0489. The molecule has 1 aromatic carbocycles. The molecule has 2 aromatic rings. The van der Waals surface area contributed by atoms with Crippen LogP contribution in [-0.4, -0.2) is 37.0 Å². The van der Waals surface area contributed by atoms with Crippen LogP contribution in [0.4, 0.5) is 5.95 Å². The van der Waals surface area contributed by atoms with Crippen molar-refractivity contribution in [3.63, 3.8) is 0 Å². The molecule has 0 fully saturated rings. The Kier molecular flexibility index (Phi) is 3.80. The maximum absolute atomic E-state index is 5.95. The van der Waals surface area contributed by atoms with Crippen molar-refractivity contribution in [1.82, 2.24) is 9.55 Å². The third kappa shape index (κ3) is 2.44. The van der Waals surface area contributed by atoms with E-state index in [0.29, 0.717) is 24.0 Å². The van der Waals surface area contributed by atoms with Crippen LogP contribution in [0.25, 0.3) is 11.0 Å². The molecular formula is C13H19N3O3. The van der Waals surface area contributed by atoms with Crippen LogP contribution in [-0.2, 0) is 11.3 Å². The van der Waals surface area contributed by atoms with Gasteiger partial charge in [-0.1, -0.05) is 0 Å². The lowest BCUT2D eigenvalue weighted by Gasteiger charge is -2.13. The molecule has 2 N–H and O–H groups in total. The second-order valence-electron chi connectivity index (χ2n) is 4.32. The molecule has 6 nitrogen and oxygen atoms in total. The number of hydrogen-bond donors (Lipinski definition) is 1. The summed E-state index contributed by atoms with van der Waals surface area (Å²) >= 11 is 0. The van der Waals surface area contributed by atoms with E-state index in [9.17, 15) is 0 Å². The highest BCUT2D eigenvalue weighted by molar-refractivity contribution is 5.82. The van der Waals surface area contributed by atoms with Crippen molar-refractivity contribution >= 4 is 17.0 Å². The van der Waals surface area contributed by atoms with E-state index in [-0.39, 0.29) is 6.10 Å². The summed E-state index contributed by atoms with van der Waals surface area (Å²) < 4.78 is 17.7. The van der Waals surface area contributed by atoms with E-state index >= 15 is 0 Å². The van der Waals surface area contributed by atoms with Gasteiger partial charge in [0.25, 0.3) is 0 Å². The number of nitrogens with zero attached hydrogens (tertiary/aromatic N) is 2. The van der Waals surface area contributed by atoms with E-state index in [0.717, 1.165) is 11.0 Å². The first-order valence-electron chi connectivity index (χ1n) is 6.01. The van der Waals surface area contributed by atoms with Crippen LogP contribution >= 0.6 is 0 Å². The quantitative estimate of drug-likeness (QED) is 0.890. The number of aromatic nitrogens is 2. The highest BCUT2D eigenvalue weighted by atomic mass is 16.5. The molecule has 0 spiro atoms. The standard InChI is InChI=1S/C13H19N3O3/c1-8(17-2)7-16-10-6-12(19-4)11(18-3)5-9(10)15-13(16)14/h5-6,8H,7H2,1-4H3,(H2,14,15). The van der Waals surface area contributed by atoms with Gasteiger partial charge in [-0.25, -0.2) is 4.98 Å². The summed E-state index contributed by atoms with van der Waals surface area (Å²) in [7, 11) is 4.87.